The van der Waals surface area contributed by atoms with Gasteiger partial charge in [0.25, 0.3) is 0 Å². The van der Waals surface area contributed by atoms with Crippen molar-refractivity contribution in [1.29, 1.82) is 0 Å². The minimum Gasteiger partial charge on any atom is -0.343 e. The van der Waals surface area contributed by atoms with Crippen molar-refractivity contribution in [2.75, 3.05) is 13.7 Å². The number of allylic oxidation sites excluding steroid dienone is 2. The summed E-state index contributed by atoms with van der Waals surface area (Å²) in [7, 11) is 1.59. The fourth-order valence-corrected chi connectivity index (χ4v) is 6.74. The van der Waals surface area contributed by atoms with Gasteiger partial charge < -0.3 is 20.9 Å². The monoisotopic (exact) mass is 625 g/mol. The zero-order valence-corrected chi connectivity index (χ0v) is 27.3. The van der Waals surface area contributed by atoms with Crippen LogP contribution in [0.3, 0.4) is 0 Å². The lowest BCUT2D eigenvalue weighted by Gasteiger charge is -2.39. The molecule has 0 aromatic rings. The lowest BCUT2D eigenvalue weighted by Crippen LogP contribution is -2.64. The molecule has 45 heavy (non-hydrogen) atoms. The van der Waals surface area contributed by atoms with Crippen LogP contribution < -0.4 is 16.0 Å². The number of hydroxylamine groups is 2. The summed E-state index contributed by atoms with van der Waals surface area (Å²) in [6.07, 6.45) is 16.3. The summed E-state index contributed by atoms with van der Waals surface area (Å²) in [5, 5.41) is 10.7. The number of hydrogen-bond acceptors (Lipinski definition) is 7. The topological polar surface area (TPSA) is 137 Å². The minimum atomic E-state index is -0.974. The summed E-state index contributed by atoms with van der Waals surface area (Å²) in [4.78, 5) is 74.6. The van der Waals surface area contributed by atoms with Gasteiger partial charge in [0, 0.05) is 37.9 Å². The van der Waals surface area contributed by atoms with E-state index in [1.54, 1.807) is 17.1 Å². The maximum absolute atomic E-state index is 14.1. The third kappa shape index (κ3) is 8.42. The summed E-state index contributed by atoms with van der Waals surface area (Å²) in [6, 6.07) is -3.43. The van der Waals surface area contributed by atoms with E-state index >= 15 is 0 Å². The molecule has 2 fully saturated rings. The molecule has 11 heteroatoms. The van der Waals surface area contributed by atoms with Gasteiger partial charge in [-0.1, -0.05) is 64.3 Å². The number of Topliss-reactive ketones (excluding diaryl/α,β-unsaturated/α-hetero) is 1. The van der Waals surface area contributed by atoms with Gasteiger partial charge in [0.05, 0.1) is 13.2 Å². The SMILES string of the molecule is CCC(=O)CCCCCC1NC(=O)C2CCCCN2C(=O)C(C(C)CC)NC(=O)C(CC2=CN(OC)C3C=CC=CC23)NC1=O. The van der Waals surface area contributed by atoms with Crippen molar-refractivity contribution in [2.45, 2.75) is 122 Å². The van der Waals surface area contributed by atoms with Crippen molar-refractivity contribution in [3.8, 4) is 0 Å². The average Bonchev–Trinajstić information content (AvgIpc) is 3.41. The van der Waals surface area contributed by atoms with Crippen LogP contribution in [-0.4, -0.2) is 83.2 Å². The molecule has 0 aromatic carbocycles. The number of unbranched alkanes of at least 4 members (excludes halogenated alkanes) is 2. The number of piperidine rings is 1. The Morgan fingerprint density at radius 2 is 1.69 bits per heavy atom. The van der Waals surface area contributed by atoms with Gasteiger partial charge in [-0.15, -0.1) is 0 Å². The first-order valence-corrected chi connectivity index (χ1v) is 16.8. The highest BCUT2D eigenvalue weighted by molar-refractivity contribution is 5.97. The predicted octanol–water partition coefficient (Wildman–Crippen LogP) is 3.07. The number of hydrogen-bond donors (Lipinski definition) is 3. The number of fused-ring (bicyclic) bond motifs is 2. The standard InChI is InChI=1S/C34H51N5O6/c1-5-22(3)30-34(44)38-19-13-12-18-29(38)33(43)35-26(16-9-7-8-14-24(40)6-2)31(41)36-27(32(42)37-30)20-23-21-39(45-4)28-17-11-10-15-25(23)28/h10-11,15,17,21-22,25-30H,5-9,12-14,16,18-20H2,1-4H3,(H,35,43)(H,36,41)(H,37,42). The molecule has 7 unspecified atom stereocenters. The van der Waals surface area contributed by atoms with Crippen LogP contribution in [0.5, 0.6) is 0 Å². The zero-order valence-electron chi connectivity index (χ0n) is 27.3. The Kier molecular flexibility index (Phi) is 12.4. The first-order chi connectivity index (χ1) is 21.7. The van der Waals surface area contributed by atoms with E-state index in [4.69, 9.17) is 4.84 Å². The van der Waals surface area contributed by atoms with Gasteiger partial charge >= 0.3 is 0 Å². The van der Waals surface area contributed by atoms with Crippen LogP contribution in [0.25, 0.3) is 0 Å². The van der Waals surface area contributed by atoms with Crippen LogP contribution >= 0.6 is 0 Å². The first-order valence-electron chi connectivity index (χ1n) is 16.8. The molecule has 0 bridgehead atoms. The molecule has 3 aliphatic heterocycles. The van der Waals surface area contributed by atoms with Crippen molar-refractivity contribution in [3.63, 3.8) is 0 Å². The third-order valence-electron chi connectivity index (χ3n) is 9.75. The first kappa shape index (κ1) is 34.4. The van der Waals surface area contributed by atoms with E-state index in [0.717, 1.165) is 31.3 Å². The number of amides is 4. The van der Waals surface area contributed by atoms with E-state index in [1.807, 2.05) is 45.2 Å². The second kappa shape index (κ2) is 16.2. The number of carbonyl (C=O) groups is 5. The Hall–Kier alpha value is -3.47. The lowest BCUT2D eigenvalue weighted by atomic mass is 9.87. The Morgan fingerprint density at radius 3 is 2.42 bits per heavy atom. The number of nitrogens with zero attached hydrogens (tertiary/aromatic N) is 2. The molecule has 7 atom stereocenters. The van der Waals surface area contributed by atoms with E-state index in [2.05, 4.69) is 22.0 Å². The van der Waals surface area contributed by atoms with E-state index in [9.17, 15) is 24.0 Å². The smallest absolute Gasteiger partial charge is 0.246 e. The van der Waals surface area contributed by atoms with Crippen molar-refractivity contribution in [2.24, 2.45) is 11.8 Å². The van der Waals surface area contributed by atoms with Crippen LogP contribution in [-0.2, 0) is 28.8 Å². The highest BCUT2D eigenvalue weighted by atomic mass is 16.7. The average molecular weight is 626 g/mol. The van der Waals surface area contributed by atoms with Gasteiger partial charge in [0.15, 0.2) is 0 Å². The Labute approximate surface area is 267 Å². The van der Waals surface area contributed by atoms with Gasteiger partial charge in [-0.3, -0.25) is 33.9 Å². The predicted molar refractivity (Wildman–Crippen MR) is 170 cm³/mol. The fourth-order valence-electron chi connectivity index (χ4n) is 6.74. The molecule has 3 N–H and O–H groups in total. The molecule has 0 radical (unpaired) electrons. The van der Waals surface area contributed by atoms with E-state index in [0.29, 0.717) is 45.1 Å². The molecule has 11 nitrogen and oxygen atoms in total. The maximum atomic E-state index is 14.1. The van der Waals surface area contributed by atoms with Crippen molar-refractivity contribution < 1.29 is 28.8 Å². The molecular weight excluding hydrogens is 574 g/mol. The zero-order chi connectivity index (χ0) is 32.5. The third-order valence-corrected chi connectivity index (χ3v) is 9.75. The van der Waals surface area contributed by atoms with Crippen LogP contribution in [0, 0.1) is 11.8 Å². The van der Waals surface area contributed by atoms with Crippen LogP contribution in [0.15, 0.2) is 36.1 Å². The molecule has 3 heterocycles. The number of rotatable bonds is 12. The van der Waals surface area contributed by atoms with E-state index < -0.39 is 36.0 Å². The van der Waals surface area contributed by atoms with Crippen LogP contribution in [0.2, 0.25) is 0 Å². The Morgan fingerprint density at radius 1 is 0.956 bits per heavy atom. The highest BCUT2D eigenvalue weighted by Crippen LogP contribution is 2.35. The van der Waals surface area contributed by atoms with Gasteiger partial charge in [-0.2, -0.15) is 0 Å². The highest BCUT2D eigenvalue weighted by Gasteiger charge is 2.42. The molecule has 1 aliphatic carbocycles. The molecule has 4 amide bonds. The molecule has 0 spiro atoms. The Bertz CT molecular complexity index is 1200. The molecule has 248 valence electrons. The van der Waals surface area contributed by atoms with Gasteiger partial charge in [0.1, 0.15) is 30.0 Å². The normalized spacial score (nSPS) is 29.5. The lowest BCUT2D eigenvalue weighted by molar-refractivity contribution is -0.147. The van der Waals surface area contributed by atoms with Crippen LogP contribution in [0.1, 0.15) is 91.4 Å². The number of nitrogens with one attached hydrogen (secondary N) is 3. The van der Waals surface area contributed by atoms with Gasteiger partial charge in [-0.25, -0.2) is 0 Å². The quantitative estimate of drug-likeness (QED) is 0.284. The molecule has 2 saturated heterocycles. The largest absolute Gasteiger partial charge is 0.343 e. The van der Waals surface area contributed by atoms with E-state index in [-0.39, 0.29) is 41.9 Å². The van der Waals surface area contributed by atoms with Crippen molar-refractivity contribution >= 4 is 29.4 Å². The molecule has 4 rings (SSSR count). The fraction of sp³-hybridized carbons (Fsp3) is 0.676. The van der Waals surface area contributed by atoms with Gasteiger partial charge in [-0.05, 0) is 43.6 Å². The second-order valence-corrected chi connectivity index (χ2v) is 12.8. The maximum Gasteiger partial charge on any atom is 0.246 e. The van der Waals surface area contributed by atoms with Crippen molar-refractivity contribution in [1.82, 2.24) is 25.9 Å². The van der Waals surface area contributed by atoms with Crippen LogP contribution in [0.4, 0.5) is 0 Å². The summed E-state index contributed by atoms with van der Waals surface area (Å²) in [6.45, 7) is 6.16. The van der Waals surface area contributed by atoms with E-state index in [1.165, 1.54) is 0 Å². The summed E-state index contributed by atoms with van der Waals surface area (Å²) >= 11 is 0. The molecular formula is C34H51N5O6. The molecule has 0 saturated carbocycles. The molecule has 0 aromatic heterocycles. The summed E-state index contributed by atoms with van der Waals surface area (Å²) in [5.41, 5.74) is 0.915. The minimum absolute atomic E-state index is 0.0385. The number of carbonyl (C=O) groups excluding carboxylic acids is 5. The number of ketones is 1. The van der Waals surface area contributed by atoms with Crippen molar-refractivity contribution in [3.05, 3.63) is 36.1 Å². The second-order valence-electron chi connectivity index (χ2n) is 12.8. The summed E-state index contributed by atoms with van der Waals surface area (Å²) in [5.74, 6) is -1.47. The Balaban J connectivity index is 1.62. The summed E-state index contributed by atoms with van der Waals surface area (Å²) < 4.78 is 0. The van der Waals surface area contributed by atoms with Gasteiger partial charge in [0.2, 0.25) is 23.6 Å². The molecule has 4 aliphatic rings.